The first-order chi connectivity index (χ1) is 15.8. The van der Waals surface area contributed by atoms with Gasteiger partial charge in [0.05, 0.1) is 11.8 Å². The van der Waals surface area contributed by atoms with Gasteiger partial charge in [-0.15, -0.1) is 0 Å². The molecule has 5 nitrogen and oxygen atoms in total. The summed E-state index contributed by atoms with van der Waals surface area (Å²) in [5, 5.41) is 5.78. The highest BCUT2D eigenvalue weighted by atomic mass is 19.1. The number of amides is 2. The summed E-state index contributed by atoms with van der Waals surface area (Å²) >= 11 is 0. The normalized spacial score (nSPS) is 15.3. The van der Waals surface area contributed by atoms with Crippen LogP contribution >= 0.6 is 0 Å². The first kappa shape index (κ1) is 22.3. The van der Waals surface area contributed by atoms with Gasteiger partial charge in [0.25, 0.3) is 11.8 Å². The van der Waals surface area contributed by atoms with Crippen molar-refractivity contribution in [1.82, 2.24) is 9.91 Å². The highest BCUT2D eigenvalue weighted by Gasteiger charge is 2.34. The van der Waals surface area contributed by atoms with Gasteiger partial charge in [-0.1, -0.05) is 54.1 Å². The molecule has 1 aliphatic rings. The predicted octanol–water partition coefficient (Wildman–Crippen LogP) is 4.72. The fraction of sp³-hybridized carbons (Fsp3) is 0.192. The number of hydrogen-bond acceptors (Lipinski definition) is 3. The molecule has 0 aliphatic carbocycles. The minimum atomic E-state index is -0.529. The second-order valence-electron chi connectivity index (χ2n) is 8.07. The van der Waals surface area contributed by atoms with Gasteiger partial charge in [-0.3, -0.25) is 9.59 Å². The van der Waals surface area contributed by atoms with Gasteiger partial charge in [0.15, 0.2) is 0 Å². The lowest BCUT2D eigenvalue weighted by molar-refractivity contribution is -0.133. The Morgan fingerprint density at radius 1 is 1.03 bits per heavy atom. The van der Waals surface area contributed by atoms with Crippen LogP contribution in [0.4, 0.5) is 8.78 Å². The van der Waals surface area contributed by atoms with Crippen LogP contribution in [-0.4, -0.2) is 41.0 Å². The molecule has 0 spiro atoms. The summed E-state index contributed by atoms with van der Waals surface area (Å²) in [7, 11) is 1.48. The van der Waals surface area contributed by atoms with Gasteiger partial charge in [-0.25, -0.2) is 13.8 Å². The molecule has 4 rings (SSSR count). The maximum atomic E-state index is 14.4. The minimum Gasteiger partial charge on any atom is -0.332 e. The zero-order chi connectivity index (χ0) is 23.5. The van der Waals surface area contributed by atoms with E-state index in [9.17, 15) is 18.4 Å². The Bertz CT molecular complexity index is 1220. The smallest absolute Gasteiger partial charge is 0.262 e. The number of carbonyl (C=O) groups excluding carboxylic acids is 2. The third-order valence-corrected chi connectivity index (χ3v) is 5.60. The molecule has 0 saturated heterocycles. The summed E-state index contributed by atoms with van der Waals surface area (Å²) in [5.41, 5.74) is 2.89. The maximum Gasteiger partial charge on any atom is 0.262 e. The van der Waals surface area contributed by atoms with Crippen LogP contribution in [0, 0.1) is 18.6 Å². The topological polar surface area (TPSA) is 53.0 Å². The van der Waals surface area contributed by atoms with E-state index in [0.29, 0.717) is 17.7 Å². The summed E-state index contributed by atoms with van der Waals surface area (Å²) < 4.78 is 27.9. The molecule has 1 aliphatic heterocycles. The lowest BCUT2D eigenvalue weighted by Crippen LogP contribution is -2.39. The average Bonchev–Trinajstić information content (AvgIpc) is 3.24. The van der Waals surface area contributed by atoms with Crippen molar-refractivity contribution in [2.24, 2.45) is 5.10 Å². The zero-order valence-electron chi connectivity index (χ0n) is 18.3. The van der Waals surface area contributed by atoms with Crippen LogP contribution in [-0.2, 0) is 4.79 Å². The third-order valence-electron chi connectivity index (χ3n) is 5.60. The minimum absolute atomic E-state index is 0.150. The summed E-state index contributed by atoms with van der Waals surface area (Å²) in [6, 6.07) is 18.9. The largest absolute Gasteiger partial charge is 0.332 e. The monoisotopic (exact) mass is 447 g/mol. The molecule has 2 amide bonds. The van der Waals surface area contributed by atoms with Crippen molar-refractivity contribution in [2.75, 3.05) is 13.6 Å². The van der Waals surface area contributed by atoms with Crippen molar-refractivity contribution in [1.29, 1.82) is 0 Å². The van der Waals surface area contributed by atoms with Crippen LogP contribution in [0.5, 0.6) is 0 Å². The highest BCUT2D eigenvalue weighted by molar-refractivity contribution is 6.04. The SMILES string of the molecule is Cc1ccc([C@@H]2CC(c3ccccc3F)=NN2C(=O)CN(C)C(=O)c2cccc(F)c2)cc1. The second-order valence-corrected chi connectivity index (χ2v) is 8.07. The molecule has 0 saturated carbocycles. The van der Waals surface area contributed by atoms with Crippen LogP contribution in [0.1, 0.15) is 39.5 Å². The van der Waals surface area contributed by atoms with E-state index in [0.717, 1.165) is 17.2 Å². The van der Waals surface area contributed by atoms with Crippen LogP contribution in [0.2, 0.25) is 0 Å². The number of hydrogen-bond donors (Lipinski definition) is 0. The summed E-state index contributed by atoms with van der Waals surface area (Å²) in [4.78, 5) is 27.1. The standard InChI is InChI=1S/C26H23F2N3O2/c1-17-10-12-18(13-11-17)24-15-23(21-8-3-4-9-22(21)28)29-31(24)25(32)16-30(2)26(33)19-6-5-7-20(27)14-19/h3-14,24H,15-16H2,1-2H3/t24-/m0/s1. The summed E-state index contributed by atoms with van der Waals surface area (Å²) in [6.45, 7) is 1.71. The van der Waals surface area contributed by atoms with Gasteiger partial charge in [-0.05, 0) is 36.8 Å². The Morgan fingerprint density at radius 2 is 1.76 bits per heavy atom. The molecule has 0 fully saturated rings. The van der Waals surface area contributed by atoms with Crippen molar-refractivity contribution >= 4 is 17.5 Å². The van der Waals surface area contributed by atoms with Gasteiger partial charge >= 0.3 is 0 Å². The lowest BCUT2D eigenvalue weighted by atomic mass is 9.97. The summed E-state index contributed by atoms with van der Waals surface area (Å²) in [6.07, 6.45) is 0.345. The van der Waals surface area contributed by atoms with Crippen molar-refractivity contribution < 1.29 is 18.4 Å². The molecule has 7 heteroatoms. The number of likely N-dealkylation sites (N-methyl/N-ethyl adjacent to an activating group) is 1. The Labute approximate surface area is 190 Å². The molecule has 3 aromatic carbocycles. The van der Waals surface area contributed by atoms with E-state index in [-0.39, 0.29) is 12.1 Å². The number of aryl methyl sites for hydroxylation is 1. The Hall–Kier alpha value is -3.87. The van der Waals surface area contributed by atoms with Crippen LogP contribution in [0.15, 0.2) is 77.9 Å². The second kappa shape index (κ2) is 9.32. The van der Waals surface area contributed by atoms with E-state index >= 15 is 0 Å². The molecule has 0 bridgehead atoms. The Kier molecular flexibility index (Phi) is 6.31. The van der Waals surface area contributed by atoms with Crippen molar-refractivity contribution in [3.05, 3.63) is 107 Å². The molecule has 0 aromatic heterocycles. The Morgan fingerprint density at radius 3 is 2.45 bits per heavy atom. The number of halogens is 2. The number of hydrazone groups is 1. The maximum absolute atomic E-state index is 14.4. The van der Waals surface area contributed by atoms with Gasteiger partial charge in [0.2, 0.25) is 0 Å². The molecule has 3 aromatic rings. The fourth-order valence-electron chi connectivity index (χ4n) is 3.84. The summed E-state index contributed by atoms with van der Waals surface area (Å²) in [5.74, 6) is -1.84. The zero-order valence-corrected chi connectivity index (χ0v) is 18.3. The van der Waals surface area contributed by atoms with E-state index in [1.165, 1.54) is 41.2 Å². The number of nitrogens with zero attached hydrogens (tertiary/aromatic N) is 3. The van der Waals surface area contributed by atoms with Gasteiger partial charge in [0, 0.05) is 24.6 Å². The number of rotatable bonds is 5. The van der Waals surface area contributed by atoms with Crippen molar-refractivity contribution in [2.45, 2.75) is 19.4 Å². The van der Waals surface area contributed by atoms with Gasteiger partial charge < -0.3 is 4.90 Å². The highest BCUT2D eigenvalue weighted by Crippen LogP contribution is 2.33. The van der Waals surface area contributed by atoms with E-state index in [4.69, 9.17) is 0 Å². The third kappa shape index (κ3) is 4.82. The van der Waals surface area contributed by atoms with Gasteiger partial charge in [-0.2, -0.15) is 5.10 Å². The van der Waals surface area contributed by atoms with E-state index in [1.54, 1.807) is 18.2 Å². The molecule has 1 atom stereocenters. The van der Waals surface area contributed by atoms with Crippen LogP contribution in [0.25, 0.3) is 0 Å². The number of carbonyl (C=O) groups is 2. The van der Waals surface area contributed by atoms with E-state index in [1.807, 2.05) is 31.2 Å². The predicted molar refractivity (Wildman–Crippen MR) is 122 cm³/mol. The first-order valence-corrected chi connectivity index (χ1v) is 10.6. The van der Waals surface area contributed by atoms with E-state index < -0.39 is 29.5 Å². The molecule has 0 unspecified atom stereocenters. The number of benzene rings is 3. The molecule has 33 heavy (non-hydrogen) atoms. The van der Waals surface area contributed by atoms with Crippen molar-refractivity contribution in [3.8, 4) is 0 Å². The van der Waals surface area contributed by atoms with Crippen LogP contribution in [0.3, 0.4) is 0 Å². The Balaban J connectivity index is 1.60. The van der Waals surface area contributed by atoms with Gasteiger partial charge in [0.1, 0.15) is 18.2 Å². The molecular formula is C26H23F2N3O2. The van der Waals surface area contributed by atoms with Crippen LogP contribution < -0.4 is 0 Å². The molecule has 168 valence electrons. The molecule has 1 heterocycles. The fourth-order valence-corrected chi connectivity index (χ4v) is 3.84. The average molecular weight is 447 g/mol. The molecule has 0 N–H and O–H groups in total. The van der Waals surface area contributed by atoms with E-state index in [2.05, 4.69) is 5.10 Å². The first-order valence-electron chi connectivity index (χ1n) is 10.6. The quantitative estimate of drug-likeness (QED) is 0.568. The lowest BCUT2D eigenvalue weighted by Gasteiger charge is -2.25. The molecular weight excluding hydrogens is 424 g/mol. The molecule has 0 radical (unpaired) electrons. The van der Waals surface area contributed by atoms with Crippen molar-refractivity contribution in [3.63, 3.8) is 0 Å².